The minimum absolute atomic E-state index is 0.0173. The summed E-state index contributed by atoms with van der Waals surface area (Å²) in [7, 11) is -4.47. The number of benzene rings is 1. The van der Waals surface area contributed by atoms with E-state index >= 15 is 0 Å². The van der Waals surface area contributed by atoms with Crippen LogP contribution in [-0.2, 0) is 16.7 Å². The monoisotopic (exact) mass is 265 g/mol. The first kappa shape index (κ1) is 12.9. The topological polar surface area (TPSA) is 104 Å². The predicted octanol–water partition coefficient (Wildman–Crippen LogP) is 0.875. The van der Waals surface area contributed by atoms with Gasteiger partial charge in [0, 0.05) is 6.54 Å². The smallest absolute Gasteiger partial charge is 0.335 e. The van der Waals surface area contributed by atoms with E-state index < -0.39 is 21.0 Å². The van der Waals surface area contributed by atoms with Crippen LogP contribution < -0.4 is 4.84 Å². The van der Waals surface area contributed by atoms with Gasteiger partial charge in [0.25, 0.3) is 10.1 Å². The quantitative estimate of drug-likeness (QED) is 0.551. The van der Waals surface area contributed by atoms with Gasteiger partial charge in [0.05, 0.1) is 10.5 Å². The summed E-state index contributed by atoms with van der Waals surface area (Å²) in [6.45, 7) is -0.0173. The molecule has 0 fully saturated rings. The van der Waals surface area contributed by atoms with Crippen LogP contribution in [0.15, 0.2) is 23.1 Å². The van der Waals surface area contributed by atoms with Crippen molar-refractivity contribution >= 4 is 27.9 Å². The van der Waals surface area contributed by atoms with Crippen molar-refractivity contribution in [3.8, 4) is 0 Å². The van der Waals surface area contributed by atoms with Crippen molar-refractivity contribution in [3.05, 3.63) is 29.3 Å². The van der Waals surface area contributed by atoms with Crippen LogP contribution in [0.3, 0.4) is 0 Å². The molecule has 0 saturated heterocycles. The summed E-state index contributed by atoms with van der Waals surface area (Å²) in [5, 5.41) is 8.68. The lowest BCUT2D eigenvalue weighted by Crippen LogP contribution is -2.09. The molecule has 0 aliphatic rings. The molecule has 0 radical (unpaired) electrons. The minimum atomic E-state index is -4.47. The van der Waals surface area contributed by atoms with Crippen molar-refractivity contribution in [2.45, 2.75) is 11.4 Å². The molecule has 88 valence electrons. The molecule has 0 aromatic heterocycles. The summed E-state index contributed by atoms with van der Waals surface area (Å²) in [6, 6.07) is 3.36. The van der Waals surface area contributed by atoms with Crippen LogP contribution in [0.25, 0.3) is 0 Å². The van der Waals surface area contributed by atoms with Crippen LogP contribution >= 0.6 is 11.8 Å². The van der Waals surface area contributed by atoms with Crippen molar-refractivity contribution in [2.75, 3.05) is 0 Å². The van der Waals surface area contributed by atoms with Gasteiger partial charge in [-0.15, -0.1) is 0 Å². The average Bonchev–Trinajstić information content (AvgIpc) is 2.16. The molecule has 0 bridgehead atoms. The summed E-state index contributed by atoms with van der Waals surface area (Å²) in [4.78, 5) is 12.4. The highest BCUT2D eigenvalue weighted by atomic mass is 35.5. The molecule has 0 saturated carbocycles. The lowest BCUT2D eigenvalue weighted by Gasteiger charge is -2.06. The molecule has 0 unspecified atom stereocenters. The highest BCUT2D eigenvalue weighted by molar-refractivity contribution is 7.85. The lowest BCUT2D eigenvalue weighted by atomic mass is 10.1. The molecule has 1 aromatic rings. The number of hydrogen-bond acceptors (Lipinski definition) is 4. The predicted molar refractivity (Wildman–Crippen MR) is 55.9 cm³/mol. The van der Waals surface area contributed by atoms with E-state index in [9.17, 15) is 13.2 Å². The molecular weight excluding hydrogens is 258 g/mol. The van der Waals surface area contributed by atoms with Gasteiger partial charge in [-0.2, -0.15) is 8.42 Å². The number of rotatable bonds is 4. The minimum Gasteiger partial charge on any atom is -0.478 e. The molecular formula is C8H8ClNO5S. The zero-order chi connectivity index (χ0) is 12.3. The van der Waals surface area contributed by atoms with Crippen LogP contribution in [0, 0.1) is 0 Å². The third-order valence-electron chi connectivity index (χ3n) is 1.85. The molecule has 0 spiro atoms. The van der Waals surface area contributed by atoms with Gasteiger partial charge in [-0.1, -0.05) is 6.07 Å². The summed E-state index contributed by atoms with van der Waals surface area (Å²) in [6.07, 6.45) is 0. The molecule has 1 rings (SSSR count). The van der Waals surface area contributed by atoms with Gasteiger partial charge in [0.1, 0.15) is 0 Å². The fourth-order valence-electron chi connectivity index (χ4n) is 1.15. The number of carbonyl (C=O) groups is 1. The van der Waals surface area contributed by atoms with Crippen molar-refractivity contribution in [1.82, 2.24) is 4.84 Å². The standard InChI is InChI=1S/C8H8ClNO5S/c9-10-4-6-2-1-5(8(11)12)3-7(6)16(13,14)15/h1-3,10H,4H2,(H,11,12)(H,13,14,15). The Bertz CT molecular complexity index is 513. The number of carboxylic acid groups (broad SMARTS) is 1. The Morgan fingerprint density at radius 2 is 2.06 bits per heavy atom. The van der Waals surface area contributed by atoms with Gasteiger partial charge >= 0.3 is 5.97 Å². The highest BCUT2D eigenvalue weighted by Gasteiger charge is 2.17. The first-order valence-electron chi connectivity index (χ1n) is 4.03. The van der Waals surface area contributed by atoms with Crippen molar-refractivity contribution in [3.63, 3.8) is 0 Å². The molecule has 6 nitrogen and oxygen atoms in total. The molecule has 16 heavy (non-hydrogen) atoms. The number of hydrogen-bond donors (Lipinski definition) is 3. The van der Waals surface area contributed by atoms with E-state index in [1.54, 1.807) is 0 Å². The van der Waals surface area contributed by atoms with E-state index in [1.807, 2.05) is 0 Å². The summed E-state index contributed by atoms with van der Waals surface area (Å²) in [5.41, 5.74) is -0.0477. The Balaban J connectivity index is 3.39. The maximum absolute atomic E-state index is 11.0. The zero-order valence-electron chi connectivity index (χ0n) is 7.84. The normalized spacial score (nSPS) is 11.4. The van der Waals surface area contributed by atoms with Crippen LogP contribution in [0.2, 0.25) is 0 Å². The molecule has 0 aliphatic heterocycles. The Hall–Kier alpha value is -1.15. The largest absolute Gasteiger partial charge is 0.478 e. The second kappa shape index (κ2) is 4.79. The van der Waals surface area contributed by atoms with Crippen LogP contribution in [0.5, 0.6) is 0 Å². The fourth-order valence-corrected chi connectivity index (χ4v) is 2.04. The van der Waals surface area contributed by atoms with Crippen molar-refractivity contribution in [2.24, 2.45) is 0 Å². The van der Waals surface area contributed by atoms with Crippen LogP contribution in [-0.4, -0.2) is 24.0 Å². The molecule has 0 heterocycles. The Morgan fingerprint density at radius 1 is 1.44 bits per heavy atom. The Labute approximate surface area is 96.7 Å². The number of halogens is 1. The molecule has 3 N–H and O–H groups in total. The summed E-state index contributed by atoms with van der Waals surface area (Å²) < 4.78 is 30.9. The lowest BCUT2D eigenvalue weighted by molar-refractivity contribution is 0.0696. The van der Waals surface area contributed by atoms with Crippen LogP contribution in [0.1, 0.15) is 15.9 Å². The Kier molecular flexibility index (Phi) is 3.87. The Morgan fingerprint density at radius 3 is 2.50 bits per heavy atom. The molecule has 8 heteroatoms. The second-order valence-corrected chi connectivity index (χ2v) is 4.57. The van der Waals surface area contributed by atoms with E-state index in [2.05, 4.69) is 4.84 Å². The number of carboxylic acids is 1. The van der Waals surface area contributed by atoms with Crippen molar-refractivity contribution < 1.29 is 22.9 Å². The van der Waals surface area contributed by atoms with E-state index in [0.717, 1.165) is 6.07 Å². The third kappa shape index (κ3) is 2.92. The van der Waals surface area contributed by atoms with E-state index in [4.69, 9.17) is 21.4 Å². The molecule has 0 atom stereocenters. The van der Waals surface area contributed by atoms with Gasteiger partial charge in [-0.05, 0) is 29.5 Å². The maximum atomic E-state index is 11.0. The first-order valence-corrected chi connectivity index (χ1v) is 5.85. The second-order valence-electron chi connectivity index (χ2n) is 2.91. The summed E-state index contributed by atoms with van der Waals surface area (Å²) >= 11 is 5.22. The molecule has 0 aliphatic carbocycles. The molecule has 0 amide bonds. The van der Waals surface area contributed by atoms with Gasteiger partial charge < -0.3 is 5.11 Å². The van der Waals surface area contributed by atoms with Gasteiger partial charge in [0.15, 0.2) is 0 Å². The SMILES string of the molecule is O=C(O)c1ccc(CNCl)c(S(=O)(=O)O)c1. The van der Waals surface area contributed by atoms with E-state index in [-0.39, 0.29) is 17.7 Å². The number of nitrogens with one attached hydrogen (secondary N) is 1. The van der Waals surface area contributed by atoms with E-state index in [0.29, 0.717) is 0 Å². The third-order valence-corrected chi connectivity index (χ3v) is 2.92. The average molecular weight is 266 g/mol. The maximum Gasteiger partial charge on any atom is 0.335 e. The van der Waals surface area contributed by atoms with Crippen LogP contribution in [0.4, 0.5) is 0 Å². The van der Waals surface area contributed by atoms with E-state index in [1.165, 1.54) is 12.1 Å². The highest BCUT2D eigenvalue weighted by Crippen LogP contribution is 2.18. The first-order chi connectivity index (χ1) is 7.36. The van der Waals surface area contributed by atoms with Gasteiger partial charge in [-0.3, -0.25) is 4.55 Å². The van der Waals surface area contributed by atoms with Crippen molar-refractivity contribution in [1.29, 1.82) is 0 Å². The van der Waals surface area contributed by atoms with Gasteiger partial charge in [-0.25, -0.2) is 9.63 Å². The fraction of sp³-hybridized carbons (Fsp3) is 0.125. The summed E-state index contributed by atoms with van der Waals surface area (Å²) in [5.74, 6) is -1.28. The molecule has 1 aromatic carbocycles. The van der Waals surface area contributed by atoms with Gasteiger partial charge in [0.2, 0.25) is 0 Å². The number of aromatic carboxylic acids is 1. The zero-order valence-corrected chi connectivity index (χ0v) is 9.42.